The number of likely N-dealkylation sites (tertiary alicyclic amines) is 1. The van der Waals surface area contributed by atoms with E-state index in [1.165, 1.54) is 56.1 Å². The summed E-state index contributed by atoms with van der Waals surface area (Å²) in [6.07, 6.45) is 8.10. The van der Waals surface area contributed by atoms with Gasteiger partial charge in [0.05, 0.1) is 32.3 Å². The first-order chi connectivity index (χ1) is 7.21. The molecule has 3 aliphatic rings. The molecule has 15 heavy (non-hydrogen) atoms. The van der Waals surface area contributed by atoms with Crippen molar-refractivity contribution in [2.75, 3.05) is 20.1 Å². The van der Waals surface area contributed by atoms with Crippen LogP contribution in [0.5, 0.6) is 0 Å². The standard InChI is InChI=1S/C13H24NO/c1-14(8-2-3-9-14)12-7-5-10-4-6-11(12)13(10)15/h10-13,15H,2-9H2,1H3/q+1/t10-,11+,12-,13+/m0/s1. The summed E-state index contributed by atoms with van der Waals surface area (Å²) in [6.45, 7) is 2.72. The number of quaternary nitrogens is 1. The molecule has 1 aliphatic heterocycles. The van der Waals surface area contributed by atoms with E-state index in [9.17, 15) is 5.11 Å². The van der Waals surface area contributed by atoms with E-state index in [2.05, 4.69) is 7.05 Å². The van der Waals surface area contributed by atoms with Gasteiger partial charge in [0.2, 0.25) is 0 Å². The largest absolute Gasteiger partial charge is 0.392 e. The minimum absolute atomic E-state index is 0.0410. The van der Waals surface area contributed by atoms with Crippen molar-refractivity contribution in [3.8, 4) is 0 Å². The fourth-order valence-corrected chi connectivity index (χ4v) is 4.60. The zero-order chi connectivity index (χ0) is 10.5. The molecular weight excluding hydrogens is 186 g/mol. The van der Waals surface area contributed by atoms with Gasteiger partial charge < -0.3 is 9.59 Å². The highest BCUT2D eigenvalue weighted by molar-refractivity contribution is 4.94. The SMILES string of the molecule is C[N+]1([C@H]2CC[C@@H]3CC[C@H]2[C@@H]3O)CCCC1. The Labute approximate surface area is 92.9 Å². The lowest BCUT2D eigenvalue weighted by Gasteiger charge is -2.45. The van der Waals surface area contributed by atoms with Gasteiger partial charge in [-0.2, -0.15) is 0 Å². The van der Waals surface area contributed by atoms with Crippen LogP contribution in [0.15, 0.2) is 0 Å². The van der Waals surface area contributed by atoms with E-state index in [1.54, 1.807) is 0 Å². The van der Waals surface area contributed by atoms with Crippen molar-refractivity contribution in [2.45, 2.75) is 50.7 Å². The highest BCUT2D eigenvalue weighted by Gasteiger charge is 2.51. The lowest BCUT2D eigenvalue weighted by molar-refractivity contribution is -0.927. The van der Waals surface area contributed by atoms with Crippen LogP contribution in [0.4, 0.5) is 0 Å². The second-order valence-electron chi connectivity index (χ2n) is 6.27. The molecule has 2 heteroatoms. The number of aliphatic hydroxyl groups is 1. The summed E-state index contributed by atoms with van der Waals surface area (Å²) in [5.74, 6) is 1.28. The van der Waals surface area contributed by atoms with Crippen molar-refractivity contribution >= 4 is 0 Å². The number of fused-ring (bicyclic) bond motifs is 2. The van der Waals surface area contributed by atoms with E-state index in [-0.39, 0.29) is 6.10 Å². The summed E-state index contributed by atoms with van der Waals surface area (Å²) >= 11 is 0. The third kappa shape index (κ3) is 1.45. The fraction of sp³-hybridized carbons (Fsp3) is 1.00. The van der Waals surface area contributed by atoms with E-state index < -0.39 is 0 Å². The topological polar surface area (TPSA) is 20.2 Å². The molecule has 4 atom stereocenters. The average Bonchev–Trinajstić information content (AvgIpc) is 2.72. The average molecular weight is 210 g/mol. The molecule has 0 radical (unpaired) electrons. The first-order valence-electron chi connectivity index (χ1n) is 6.73. The second-order valence-corrected chi connectivity index (χ2v) is 6.27. The summed E-state index contributed by atoms with van der Waals surface area (Å²) in [7, 11) is 2.43. The maximum atomic E-state index is 10.2. The van der Waals surface area contributed by atoms with Crippen LogP contribution in [0.2, 0.25) is 0 Å². The van der Waals surface area contributed by atoms with E-state index in [0.717, 1.165) is 6.04 Å². The quantitative estimate of drug-likeness (QED) is 0.654. The van der Waals surface area contributed by atoms with Crippen molar-refractivity contribution in [2.24, 2.45) is 11.8 Å². The van der Waals surface area contributed by atoms with Crippen molar-refractivity contribution < 1.29 is 9.59 Å². The van der Waals surface area contributed by atoms with Crippen LogP contribution in [-0.2, 0) is 0 Å². The smallest absolute Gasteiger partial charge is 0.0941 e. The van der Waals surface area contributed by atoms with Gasteiger partial charge in [0.15, 0.2) is 0 Å². The zero-order valence-corrected chi connectivity index (χ0v) is 9.86. The van der Waals surface area contributed by atoms with Gasteiger partial charge in [-0.3, -0.25) is 0 Å². The summed E-state index contributed by atoms with van der Waals surface area (Å²) < 4.78 is 1.27. The van der Waals surface area contributed by atoms with Crippen LogP contribution >= 0.6 is 0 Å². The van der Waals surface area contributed by atoms with Crippen LogP contribution in [0.3, 0.4) is 0 Å². The lowest BCUT2D eigenvalue weighted by Crippen LogP contribution is -2.56. The first kappa shape index (κ1) is 10.1. The highest BCUT2D eigenvalue weighted by Crippen LogP contribution is 2.46. The molecule has 0 aromatic carbocycles. The van der Waals surface area contributed by atoms with E-state index in [1.807, 2.05) is 0 Å². The van der Waals surface area contributed by atoms with Gasteiger partial charge in [0.1, 0.15) is 0 Å². The molecule has 0 amide bonds. The molecule has 1 heterocycles. The van der Waals surface area contributed by atoms with Gasteiger partial charge >= 0.3 is 0 Å². The lowest BCUT2D eigenvalue weighted by atomic mass is 9.80. The molecule has 0 unspecified atom stereocenters. The van der Waals surface area contributed by atoms with Crippen molar-refractivity contribution in [1.29, 1.82) is 0 Å². The molecule has 2 nitrogen and oxygen atoms in total. The Hall–Kier alpha value is -0.0800. The summed E-state index contributed by atoms with van der Waals surface area (Å²) in [5, 5.41) is 10.2. The van der Waals surface area contributed by atoms with Crippen LogP contribution in [0.1, 0.15) is 38.5 Å². The monoisotopic (exact) mass is 210 g/mol. The zero-order valence-electron chi connectivity index (χ0n) is 9.86. The third-order valence-corrected chi connectivity index (χ3v) is 5.51. The van der Waals surface area contributed by atoms with E-state index in [0.29, 0.717) is 11.8 Å². The Balaban J connectivity index is 1.81. The van der Waals surface area contributed by atoms with Crippen LogP contribution < -0.4 is 0 Å². The number of hydrogen-bond donors (Lipinski definition) is 1. The van der Waals surface area contributed by atoms with Gasteiger partial charge in [0.25, 0.3) is 0 Å². The predicted molar refractivity (Wildman–Crippen MR) is 60.4 cm³/mol. The van der Waals surface area contributed by atoms with E-state index in [4.69, 9.17) is 0 Å². The molecule has 1 saturated heterocycles. The molecule has 1 N–H and O–H groups in total. The Morgan fingerprint density at radius 2 is 1.67 bits per heavy atom. The van der Waals surface area contributed by atoms with Gasteiger partial charge in [-0.1, -0.05) is 0 Å². The molecule has 86 valence electrons. The van der Waals surface area contributed by atoms with E-state index >= 15 is 0 Å². The normalized spacial score (nSPS) is 48.4. The Morgan fingerprint density at radius 1 is 1.00 bits per heavy atom. The first-order valence-corrected chi connectivity index (χ1v) is 6.73. The number of aliphatic hydroxyl groups excluding tert-OH is 1. The maximum Gasteiger partial charge on any atom is 0.0941 e. The number of nitrogens with zero attached hydrogens (tertiary/aromatic N) is 1. The molecule has 2 saturated carbocycles. The molecular formula is C13H24NO+. The van der Waals surface area contributed by atoms with Gasteiger partial charge in [-0.25, -0.2) is 0 Å². The molecule has 0 aromatic heterocycles. The van der Waals surface area contributed by atoms with Crippen molar-refractivity contribution in [3.05, 3.63) is 0 Å². The Kier molecular flexibility index (Phi) is 2.33. The van der Waals surface area contributed by atoms with Crippen LogP contribution in [0, 0.1) is 11.8 Å². The number of hydrogen-bond acceptors (Lipinski definition) is 1. The van der Waals surface area contributed by atoms with Crippen molar-refractivity contribution in [1.82, 2.24) is 0 Å². The second kappa shape index (κ2) is 3.46. The number of rotatable bonds is 1. The fourth-order valence-electron chi connectivity index (χ4n) is 4.60. The molecule has 0 aromatic rings. The third-order valence-electron chi connectivity index (χ3n) is 5.51. The highest BCUT2D eigenvalue weighted by atomic mass is 16.3. The van der Waals surface area contributed by atoms with Gasteiger partial charge in [0, 0.05) is 25.2 Å². The molecule has 2 aliphatic carbocycles. The summed E-state index contributed by atoms with van der Waals surface area (Å²) in [6, 6.07) is 0.779. The summed E-state index contributed by atoms with van der Waals surface area (Å²) in [4.78, 5) is 0. The van der Waals surface area contributed by atoms with Crippen LogP contribution in [-0.4, -0.2) is 41.9 Å². The Bertz CT molecular complexity index is 247. The Morgan fingerprint density at radius 3 is 2.40 bits per heavy atom. The molecule has 3 fully saturated rings. The molecule has 0 spiro atoms. The minimum atomic E-state index is 0.0410. The van der Waals surface area contributed by atoms with Crippen LogP contribution in [0.25, 0.3) is 0 Å². The summed E-state index contributed by atoms with van der Waals surface area (Å²) in [5.41, 5.74) is 0. The van der Waals surface area contributed by atoms with Gasteiger partial charge in [-0.15, -0.1) is 0 Å². The molecule has 2 bridgehead atoms. The minimum Gasteiger partial charge on any atom is -0.392 e. The predicted octanol–water partition coefficient (Wildman–Crippen LogP) is 1.78. The maximum absolute atomic E-state index is 10.2. The van der Waals surface area contributed by atoms with Crippen molar-refractivity contribution in [3.63, 3.8) is 0 Å². The molecule has 3 rings (SSSR count). The van der Waals surface area contributed by atoms with Gasteiger partial charge in [-0.05, 0) is 25.2 Å².